The van der Waals surface area contributed by atoms with Gasteiger partial charge in [0.15, 0.2) is 0 Å². The Hall–Kier alpha value is -1.89. The van der Waals surface area contributed by atoms with Crippen LogP contribution in [0.2, 0.25) is 0 Å². The van der Waals surface area contributed by atoms with Crippen molar-refractivity contribution in [3.8, 4) is 0 Å². The SMILES string of the molecule is O=C([C@H]1CCCN1)N1CCC2(CC1)c1nc[nH]c1CCN2C(=O)C1CC1. The number of fused-ring (bicyclic) bond motifs is 2. The molecule has 0 aromatic carbocycles. The van der Waals surface area contributed by atoms with Gasteiger partial charge >= 0.3 is 0 Å². The number of nitrogens with one attached hydrogen (secondary N) is 2. The van der Waals surface area contributed by atoms with Crippen LogP contribution in [-0.2, 0) is 21.5 Å². The third kappa shape index (κ3) is 2.47. The van der Waals surface area contributed by atoms with E-state index in [9.17, 15) is 9.59 Å². The topological polar surface area (TPSA) is 81.3 Å². The van der Waals surface area contributed by atoms with Gasteiger partial charge < -0.3 is 20.1 Å². The van der Waals surface area contributed by atoms with Crippen LogP contribution in [0.3, 0.4) is 0 Å². The maximum absolute atomic E-state index is 13.0. The number of imidazole rings is 1. The molecule has 2 saturated heterocycles. The van der Waals surface area contributed by atoms with Gasteiger partial charge in [-0.25, -0.2) is 4.98 Å². The molecule has 1 spiro atoms. The van der Waals surface area contributed by atoms with Crippen LogP contribution in [-0.4, -0.2) is 63.8 Å². The van der Waals surface area contributed by atoms with Gasteiger partial charge in [-0.3, -0.25) is 9.59 Å². The van der Waals surface area contributed by atoms with Crippen molar-refractivity contribution in [1.82, 2.24) is 25.1 Å². The Labute approximate surface area is 153 Å². The molecule has 0 bridgehead atoms. The number of aromatic nitrogens is 2. The summed E-state index contributed by atoms with van der Waals surface area (Å²) in [7, 11) is 0. The van der Waals surface area contributed by atoms with Gasteiger partial charge in [-0.2, -0.15) is 0 Å². The van der Waals surface area contributed by atoms with E-state index in [1.54, 1.807) is 6.33 Å². The summed E-state index contributed by atoms with van der Waals surface area (Å²) in [6.45, 7) is 3.12. The molecule has 1 saturated carbocycles. The van der Waals surface area contributed by atoms with Crippen molar-refractivity contribution in [1.29, 1.82) is 0 Å². The number of amides is 2. The first-order valence-corrected chi connectivity index (χ1v) is 10.1. The maximum atomic E-state index is 13.0. The first kappa shape index (κ1) is 16.3. The number of carbonyl (C=O) groups is 2. The van der Waals surface area contributed by atoms with Crippen LogP contribution in [0.15, 0.2) is 6.33 Å². The molecule has 3 aliphatic heterocycles. The summed E-state index contributed by atoms with van der Waals surface area (Å²) in [5.41, 5.74) is 1.89. The highest BCUT2D eigenvalue weighted by molar-refractivity contribution is 5.83. The van der Waals surface area contributed by atoms with E-state index in [1.807, 2.05) is 4.90 Å². The van der Waals surface area contributed by atoms with Gasteiger partial charge in [0.05, 0.1) is 23.6 Å². The molecule has 1 aliphatic carbocycles. The number of hydrogen-bond acceptors (Lipinski definition) is 4. The Morgan fingerprint density at radius 1 is 1.12 bits per heavy atom. The Kier molecular flexibility index (Phi) is 3.81. The molecular weight excluding hydrogens is 330 g/mol. The molecule has 7 heteroatoms. The van der Waals surface area contributed by atoms with E-state index in [0.29, 0.717) is 19.0 Å². The van der Waals surface area contributed by atoms with Crippen molar-refractivity contribution in [2.45, 2.75) is 56.5 Å². The van der Waals surface area contributed by atoms with Gasteiger partial charge in [0.2, 0.25) is 11.8 Å². The predicted molar refractivity (Wildman–Crippen MR) is 95.2 cm³/mol. The highest BCUT2D eigenvalue weighted by atomic mass is 16.2. The first-order chi connectivity index (χ1) is 12.7. The van der Waals surface area contributed by atoms with Crippen molar-refractivity contribution in [2.75, 3.05) is 26.2 Å². The van der Waals surface area contributed by atoms with Gasteiger partial charge in [-0.05, 0) is 45.1 Å². The van der Waals surface area contributed by atoms with E-state index in [2.05, 4.69) is 20.2 Å². The van der Waals surface area contributed by atoms with E-state index in [-0.39, 0.29) is 23.4 Å². The monoisotopic (exact) mass is 357 g/mol. The molecule has 1 aromatic rings. The Balaban J connectivity index is 1.39. The fraction of sp³-hybridized carbons (Fsp3) is 0.737. The van der Waals surface area contributed by atoms with Crippen molar-refractivity contribution < 1.29 is 9.59 Å². The van der Waals surface area contributed by atoms with Gasteiger partial charge in [-0.1, -0.05) is 0 Å². The van der Waals surface area contributed by atoms with Crippen LogP contribution < -0.4 is 5.32 Å². The minimum atomic E-state index is -0.326. The number of H-pyrrole nitrogens is 1. The summed E-state index contributed by atoms with van der Waals surface area (Å²) in [4.78, 5) is 37.8. The van der Waals surface area contributed by atoms with Crippen LogP contribution >= 0.6 is 0 Å². The lowest BCUT2D eigenvalue weighted by Gasteiger charge is -2.50. The zero-order chi connectivity index (χ0) is 17.7. The lowest BCUT2D eigenvalue weighted by molar-refractivity contribution is -0.146. The quantitative estimate of drug-likeness (QED) is 0.819. The fourth-order valence-electron chi connectivity index (χ4n) is 5.07. The maximum Gasteiger partial charge on any atom is 0.239 e. The number of rotatable bonds is 2. The molecule has 7 nitrogen and oxygen atoms in total. The zero-order valence-corrected chi connectivity index (χ0v) is 15.2. The molecule has 2 amide bonds. The molecule has 3 fully saturated rings. The minimum Gasteiger partial charge on any atom is -0.348 e. The van der Waals surface area contributed by atoms with Gasteiger partial charge in [0.25, 0.3) is 0 Å². The normalized spacial score (nSPS) is 27.6. The lowest BCUT2D eigenvalue weighted by Crippen LogP contribution is -2.60. The Morgan fingerprint density at radius 2 is 1.92 bits per heavy atom. The minimum absolute atomic E-state index is 0.0134. The summed E-state index contributed by atoms with van der Waals surface area (Å²) >= 11 is 0. The lowest BCUT2D eigenvalue weighted by atomic mass is 9.78. The summed E-state index contributed by atoms with van der Waals surface area (Å²) in [5.74, 6) is 0.751. The standard InChI is InChI=1S/C19H27N5O2/c25-17(13-3-4-13)24-9-5-14-16(22-12-21-14)19(24)6-10-23(11-7-19)18(26)15-2-1-8-20-15/h12-13,15,20H,1-11H2,(H,21,22)/t15-/m1/s1. The average molecular weight is 357 g/mol. The van der Waals surface area contributed by atoms with E-state index >= 15 is 0 Å². The van der Waals surface area contributed by atoms with Gasteiger partial charge in [0.1, 0.15) is 0 Å². The first-order valence-electron chi connectivity index (χ1n) is 10.1. The second-order valence-electron chi connectivity index (χ2n) is 8.25. The Bertz CT molecular complexity index is 711. The van der Waals surface area contributed by atoms with E-state index in [4.69, 9.17) is 0 Å². The third-order valence-electron chi connectivity index (χ3n) is 6.71. The highest BCUT2D eigenvalue weighted by Gasteiger charge is 2.51. The molecular formula is C19H27N5O2. The average Bonchev–Trinajstić information content (AvgIpc) is 3.16. The zero-order valence-electron chi connectivity index (χ0n) is 15.2. The molecule has 0 unspecified atom stereocenters. The van der Waals surface area contributed by atoms with Crippen LogP contribution in [0.5, 0.6) is 0 Å². The fourth-order valence-corrected chi connectivity index (χ4v) is 5.07. The summed E-state index contributed by atoms with van der Waals surface area (Å²) in [6, 6.07) is -0.0134. The largest absolute Gasteiger partial charge is 0.348 e. The molecule has 26 heavy (non-hydrogen) atoms. The van der Waals surface area contributed by atoms with Crippen LogP contribution in [0.25, 0.3) is 0 Å². The Morgan fingerprint density at radius 3 is 2.62 bits per heavy atom. The summed E-state index contributed by atoms with van der Waals surface area (Å²) in [6.07, 6.45) is 8.27. The second-order valence-corrected chi connectivity index (χ2v) is 8.25. The molecule has 2 N–H and O–H groups in total. The molecule has 4 heterocycles. The van der Waals surface area contributed by atoms with Crippen LogP contribution in [0.4, 0.5) is 0 Å². The van der Waals surface area contributed by atoms with Crippen LogP contribution in [0, 0.1) is 5.92 Å². The number of piperidine rings is 1. The smallest absolute Gasteiger partial charge is 0.239 e. The van der Waals surface area contributed by atoms with Gasteiger partial charge in [0, 0.05) is 37.7 Å². The molecule has 1 aromatic heterocycles. The van der Waals surface area contributed by atoms with E-state index < -0.39 is 0 Å². The van der Waals surface area contributed by atoms with Crippen molar-refractivity contribution in [2.24, 2.45) is 5.92 Å². The van der Waals surface area contributed by atoms with Crippen molar-refractivity contribution in [3.05, 3.63) is 17.7 Å². The number of likely N-dealkylation sites (tertiary alicyclic amines) is 1. The molecule has 5 rings (SSSR count). The number of aromatic amines is 1. The van der Waals surface area contributed by atoms with Crippen molar-refractivity contribution in [3.63, 3.8) is 0 Å². The van der Waals surface area contributed by atoms with Crippen LogP contribution in [0.1, 0.15) is 49.9 Å². The van der Waals surface area contributed by atoms with Crippen molar-refractivity contribution >= 4 is 11.8 Å². The van der Waals surface area contributed by atoms with Gasteiger partial charge in [-0.15, -0.1) is 0 Å². The third-order valence-corrected chi connectivity index (χ3v) is 6.71. The highest BCUT2D eigenvalue weighted by Crippen LogP contribution is 2.45. The number of hydrogen-bond donors (Lipinski definition) is 2. The summed E-state index contributed by atoms with van der Waals surface area (Å²) < 4.78 is 0. The number of carbonyl (C=O) groups excluding carboxylic acids is 2. The van der Waals surface area contributed by atoms with E-state index in [1.165, 1.54) is 5.69 Å². The molecule has 0 radical (unpaired) electrons. The molecule has 140 valence electrons. The second kappa shape index (κ2) is 6.08. The molecule has 1 atom stereocenters. The predicted octanol–water partition coefficient (Wildman–Crippen LogP) is 0.774. The summed E-state index contributed by atoms with van der Waals surface area (Å²) in [5, 5.41) is 3.31. The molecule has 4 aliphatic rings. The number of nitrogens with zero attached hydrogens (tertiary/aromatic N) is 3. The van der Waals surface area contributed by atoms with E-state index in [0.717, 1.165) is 63.7 Å².